The van der Waals surface area contributed by atoms with E-state index in [-0.39, 0.29) is 38.8 Å². The average molecular weight is 923 g/mol. The monoisotopic (exact) mass is 922 g/mol. The Morgan fingerprint density at radius 2 is 1.66 bits per heavy atom. The van der Waals surface area contributed by atoms with Crippen molar-refractivity contribution in [1.82, 2.24) is 30.7 Å². The second-order valence-corrected chi connectivity index (χ2v) is 18.0. The summed E-state index contributed by atoms with van der Waals surface area (Å²) in [5.41, 5.74) is 13.0. The lowest BCUT2D eigenvalue weighted by Crippen LogP contribution is -2.57. The third-order valence-electron chi connectivity index (χ3n) is 10.7. The van der Waals surface area contributed by atoms with Gasteiger partial charge in [0.15, 0.2) is 6.04 Å². The van der Waals surface area contributed by atoms with Crippen molar-refractivity contribution in [2.45, 2.75) is 101 Å². The highest BCUT2D eigenvalue weighted by Crippen LogP contribution is 2.31. The van der Waals surface area contributed by atoms with Crippen LogP contribution in [-0.2, 0) is 40.1 Å². The number of anilines is 1. The first kappa shape index (κ1) is 49.4. The van der Waals surface area contributed by atoms with E-state index in [1.54, 1.807) is 42.5 Å². The maximum absolute atomic E-state index is 14.2. The molecule has 0 spiro atoms. The number of benzene rings is 2. The summed E-state index contributed by atoms with van der Waals surface area (Å²) in [5, 5.41) is 21.7. The van der Waals surface area contributed by atoms with Gasteiger partial charge in [-0.3, -0.25) is 29.0 Å². The Morgan fingerprint density at radius 1 is 0.922 bits per heavy atom. The number of nitrogens with two attached hydrogens (primary N) is 2. The van der Waals surface area contributed by atoms with Gasteiger partial charge in [-0.05, 0) is 109 Å². The number of likely N-dealkylation sites (tertiary alicyclic amines) is 1. The number of amides is 6. The maximum atomic E-state index is 14.2. The van der Waals surface area contributed by atoms with Gasteiger partial charge in [0.05, 0.1) is 10.2 Å². The lowest BCUT2D eigenvalue weighted by molar-refractivity contribution is -0.141. The molecule has 5 unspecified atom stereocenters. The van der Waals surface area contributed by atoms with Gasteiger partial charge in [0, 0.05) is 24.4 Å². The van der Waals surface area contributed by atoms with Gasteiger partial charge >= 0.3 is 12.1 Å². The number of rotatable bonds is 24. The Kier molecular flexibility index (Phi) is 18.8. The van der Waals surface area contributed by atoms with Crippen LogP contribution < -0.4 is 32.7 Å². The van der Waals surface area contributed by atoms with Crippen LogP contribution in [0.4, 0.5) is 10.5 Å². The van der Waals surface area contributed by atoms with Gasteiger partial charge in [-0.1, -0.05) is 30.3 Å². The number of nitrogens with one attached hydrogen (secondary N) is 4. The van der Waals surface area contributed by atoms with Crippen LogP contribution in [-0.4, -0.2) is 136 Å². The zero-order valence-electron chi connectivity index (χ0n) is 36.1. The molecule has 0 bridgehead atoms. The molecule has 0 aliphatic carbocycles. The molecule has 1 saturated heterocycles. The fraction of sp³-hybridized carbons (Fsp3) is 0.512. The molecule has 2 aromatic carbocycles. The number of fused-ring (bicyclic) bond motifs is 1. The van der Waals surface area contributed by atoms with E-state index in [0.717, 1.165) is 23.2 Å². The molecular weight excluding hydrogens is 865 g/mol. The molecule has 19 nitrogen and oxygen atoms in total. The van der Waals surface area contributed by atoms with Crippen molar-refractivity contribution < 1.29 is 43.4 Å². The number of carboxylic acids is 1. The number of carboxylic acid groups (broad SMARTS) is 1. The number of thioether (sulfide) groups is 1. The van der Waals surface area contributed by atoms with Crippen molar-refractivity contribution in [1.29, 1.82) is 0 Å². The molecular formula is C43H58N10O9S2. The third-order valence-corrected chi connectivity index (χ3v) is 12.9. The zero-order valence-corrected chi connectivity index (χ0v) is 37.7. The molecule has 5 rings (SSSR count). The average Bonchev–Trinajstić information content (AvgIpc) is 4.06. The zero-order chi connectivity index (χ0) is 46.2. The van der Waals surface area contributed by atoms with Crippen LogP contribution in [0.25, 0.3) is 10.2 Å². The van der Waals surface area contributed by atoms with Crippen LogP contribution in [0.3, 0.4) is 0 Å². The number of ether oxygens (including phenoxy) is 1. The van der Waals surface area contributed by atoms with Gasteiger partial charge < -0.3 is 52.4 Å². The topological polar surface area (TPSA) is 281 Å². The molecule has 6 amide bonds. The number of hydrogen-bond acceptors (Lipinski definition) is 14. The van der Waals surface area contributed by atoms with Crippen LogP contribution in [0.15, 0.2) is 53.5 Å². The van der Waals surface area contributed by atoms with E-state index in [4.69, 9.17) is 16.2 Å². The fourth-order valence-electron chi connectivity index (χ4n) is 7.24. The number of aromatic nitrogens is 1. The number of nitrogens with zero attached hydrogens (tertiary/aromatic N) is 4. The predicted molar refractivity (Wildman–Crippen MR) is 245 cm³/mol. The molecule has 9 N–H and O–H groups in total. The van der Waals surface area contributed by atoms with Gasteiger partial charge in [0.1, 0.15) is 40.8 Å². The summed E-state index contributed by atoms with van der Waals surface area (Å²) in [6.07, 6.45) is 2.51. The summed E-state index contributed by atoms with van der Waals surface area (Å²) < 4.78 is 6.08. The Balaban J connectivity index is 1.28. The number of aliphatic carboxylic acids is 1. The number of hydrogen-bond donors (Lipinski definition) is 7. The summed E-state index contributed by atoms with van der Waals surface area (Å²) in [6, 6.07) is 9.08. The van der Waals surface area contributed by atoms with E-state index in [0.29, 0.717) is 65.7 Å². The minimum Gasteiger partial charge on any atom is -0.480 e. The van der Waals surface area contributed by atoms with Crippen LogP contribution in [0.1, 0.15) is 74.8 Å². The molecule has 2 aliphatic heterocycles. The van der Waals surface area contributed by atoms with Gasteiger partial charge in [0.25, 0.3) is 0 Å². The van der Waals surface area contributed by atoms with Crippen molar-refractivity contribution in [3.05, 3.63) is 59.1 Å². The number of thiazole rings is 1. The minimum atomic E-state index is -1.21. The smallest absolute Gasteiger partial charge is 0.408 e. The van der Waals surface area contributed by atoms with E-state index in [1.165, 1.54) is 28.0 Å². The highest BCUT2D eigenvalue weighted by Gasteiger charge is 2.39. The quantitative estimate of drug-likeness (QED) is 0.0638. The Hall–Kier alpha value is -5.64. The van der Waals surface area contributed by atoms with Crippen LogP contribution in [0, 0.1) is 0 Å². The van der Waals surface area contributed by atoms with Crippen molar-refractivity contribution in [2.75, 3.05) is 44.8 Å². The molecule has 2 aliphatic rings. The fourth-order valence-corrected chi connectivity index (χ4v) is 9.34. The van der Waals surface area contributed by atoms with E-state index < -0.39 is 71.8 Å². The van der Waals surface area contributed by atoms with E-state index in [1.807, 2.05) is 25.1 Å². The molecule has 21 heteroatoms. The number of primary amides is 1. The van der Waals surface area contributed by atoms with E-state index in [2.05, 4.69) is 31.2 Å². The SMILES string of the molecule is CN(C)CCCCC(NC(=O)C1CCCN1C(=O)C(CCC(N)=O)NC(=O)OCc1ccccc1)C(=O)NC(CCCCN)C(=O)Nc1ccc2nc(C3=NC(C(=O)O)CS3)sc2c1. The Morgan fingerprint density at radius 3 is 2.34 bits per heavy atom. The number of alkyl carbamates (subject to hydrolysis) is 1. The summed E-state index contributed by atoms with van der Waals surface area (Å²) >= 11 is 2.65. The number of aliphatic imine (C=N–C) groups is 1. The molecule has 346 valence electrons. The molecule has 1 aromatic heterocycles. The van der Waals surface area contributed by atoms with Crippen molar-refractivity contribution >= 4 is 85.6 Å². The van der Waals surface area contributed by atoms with Crippen LogP contribution in [0.5, 0.6) is 0 Å². The van der Waals surface area contributed by atoms with Gasteiger partial charge in [0.2, 0.25) is 29.5 Å². The van der Waals surface area contributed by atoms with Crippen LogP contribution in [0.2, 0.25) is 0 Å². The first-order valence-electron chi connectivity index (χ1n) is 21.4. The molecule has 0 radical (unpaired) electrons. The largest absolute Gasteiger partial charge is 0.480 e. The Bertz CT molecular complexity index is 2150. The number of carbonyl (C=O) groups is 7. The highest BCUT2D eigenvalue weighted by atomic mass is 32.2. The van der Waals surface area contributed by atoms with E-state index in [9.17, 15) is 38.7 Å². The number of unbranched alkanes of at least 4 members (excludes halogenated alkanes) is 2. The van der Waals surface area contributed by atoms with Crippen molar-refractivity contribution in [2.24, 2.45) is 16.5 Å². The maximum Gasteiger partial charge on any atom is 0.408 e. The molecule has 3 aromatic rings. The standard InChI is InChI=1S/C43H58N10O9S2/c1-52(2)21-9-7-14-30(48-38(57)33-15-10-22-53(33)41(58)31(18-19-35(45)54)51-43(61)62-24-26-11-4-3-5-12-26)37(56)47-29(13-6-8-20-44)36(55)46-27-16-17-28-34(23-27)64-40(49-28)39-50-32(25-63-39)42(59)60/h3-5,11-12,16-17,23,29-33H,6-10,13-15,18-22,24-25,44H2,1-2H3,(H2,45,54)(H,46,55)(H,47,56)(H,48,57)(H,51,61)(H,59,60). The molecule has 64 heavy (non-hydrogen) atoms. The van der Waals surface area contributed by atoms with E-state index >= 15 is 0 Å². The van der Waals surface area contributed by atoms with Crippen molar-refractivity contribution in [3.63, 3.8) is 0 Å². The second kappa shape index (κ2) is 24.4. The van der Waals surface area contributed by atoms with Gasteiger partial charge in [-0.25, -0.2) is 14.6 Å². The summed E-state index contributed by atoms with van der Waals surface area (Å²) in [5.74, 6) is -3.55. The van der Waals surface area contributed by atoms with Gasteiger partial charge in [-0.2, -0.15) is 0 Å². The first-order valence-corrected chi connectivity index (χ1v) is 23.2. The van der Waals surface area contributed by atoms with Crippen LogP contribution >= 0.6 is 23.1 Å². The summed E-state index contributed by atoms with van der Waals surface area (Å²) in [7, 11) is 3.87. The molecule has 1 fully saturated rings. The minimum absolute atomic E-state index is 0.0513. The Labute approximate surface area is 379 Å². The predicted octanol–water partition coefficient (Wildman–Crippen LogP) is 2.56. The summed E-state index contributed by atoms with van der Waals surface area (Å²) in [4.78, 5) is 104. The molecule has 0 saturated carbocycles. The lowest BCUT2D eigenvalue weighted by atomic mass is 10.0. The molecule has 3 heterocycles. The number of carbonyl (C=O) groups excluding carboxylic acids is 6. The highest BCUT2D eigenvalue weighted by molar-refractivity contribution is 8.15. The van der Waals surface area contributed by atoms with Crippen molar-refractivity contribution in [3.8, 4) is 0 Å². The summed E-state index contributed by atoms with van der Waals surface area (Å²) in [6.45, 7) is 1.27. The first-order chi connectivity index (χ1) is 30.7. The second-order valence-electron chi connectivity index (χ2n) is 15.9. The van der Waals surface area contributed by atoms with Gasteiger partial charge in [-0.15, -0.1) is 23.1 Å². The normalized spacial score (nSPS) is 17.3. The third kappa shape index (κ3) is 14.7. The molecule has 5 atom stereocenters. The lowest BCUT2D eigenvalue weighted by Gasteiger charge is -2.30.